The van der Waals surface area contributed by atoms with Gasteiger partial charge in [0.05, 0.1) is 0 Å². The predicted molar refractivity (Wildman–Crippen MR) is 25.5 cm³/mol. The smallest absolute Gasteiger partial charge is 0.125 e. The van der Waals surface area contributed by atoms with E-state index in [1.165, 1.54) is 0 Å². The minimum Gasteiger partial charge on any atom is -0.303 e. The minimum absolute atomic E-state index is 0.0208. The lowest BCUT2D eigenvalue weighted by molar-refractivity contribution is -0.113. The maximum absolute atomic E-state index is 10.4. The summed E-state index contributed by atoms with van der Waals surface area (Å²) in [6.45, 7) is -4.67. The van der Waals surface area contributed by atoms with E-state index in [9.17, 15) is 4.79 Å². The number of hydrogen-bond donors (Lipinski definition) is 0. The van der Waals surface area contributed by atoms with Crippen molar-refractivity contribution in [2.75, 3.05) is 0 Å². The minimum atomic E-state index is -2.79. The molecule has 0 amide bonds. The first-order chi connectivity index (χ1) is 5.06. The van der Waals surface area contributed by atoms with Gasteiger partial charge in [-0.3, -0.25) is 0 Å². The largest absolute Gasteiger partial charge is 0.303 e. The Kier molecular flexibility index (Phi) is 0.256. The van der Waals surface area contributed by atoms with Crippen molar-refractivity contribution in [3.8, 4) is 0 Å². The Morgan fingerprint density at radius 2 is 2.33 bits per heavy atom. The van der Waals surface area contributed by atoms with Crippen LogP contribution in [-0.2, 0) is 4.79 Å². The molecule has 0 aliphatic heterocycles. The molecule has 1 heteroatoms. The molecule has 0 N–H and O–H groups in total. The van der Waals surface area contributed by atoms with Crippen molar-refractivity contribution in [3.05, 3.63) is 0 Å². The third-order valence-corrected chi connectivity index (χ3v) is 0.236. The molecule has 0 saturated carbocycles. The maximum Gasteiger partial charge on any atom is 0.125 e. The molecule has 0 heterocycles. The second kappa shape index (κ2) is 1.41. The summed E-state index contributed by atoms with van der Waals surface area (Å²) in [7, 11) is 0. The first kappa shape index (κ1) is 1.09. The SMILES string of the molecule is [2H]C([2H])([2H])C(C)(C=O)C([2H])([2H])[2H]. The lowest BCUT2D eigenvalue weighted by atomic mass is 10.0. The molecule has 0 fully saturated rings. The van der Waals surface area contributed by atoms with Gasteiger partial charge in [0, 0.05) is 13.6 Å². The monoisotopic (exact) mass is 92.1 g/mol. The fourth-order valence-electron chi connectivity index (χ4n) is 0. The lowest BCUT2D eigenvalue weighted by Crippen LogP contribution is -2.04. The van der Waals surface area contributed by atoms with Gasteiger partial charge < -0.3 is 4.79 Å². The molecule has 6 heavy (non-hydrogen) atoms. The normalized spacial score (nSPS) is 30.2. The number of carbonyl (C=O) groups is 1. The highest BCUT2D eigenvalue weighted by Gasteiger charge is 2.04. The van der Waals surface area contributed by atoms with Crippen molar-refractivity contribution in [3.63, 3.8) is 0 Å². The second-order valence-corrected chi connectivity index (χ2v) is 1.32. The van der Waals surface area contributed by atoms with Crippen molar-refractivity contribution in [1.29, 1.82) is 0 Å². The number of hydrogen-bond acceptors (Lipinski definition) is 1. The maximum atomic E-state index is 10.4. The Labute approximate surface area is 46.8 Å². The van der Waals surface area contributed by atoms with E-state index < -0.39 is 19.1 Å². The zero-order valence-corrected chi connectivity index (χ0v) is 3.49. The van der Waals surface area contributed by atoms with Gasteiger partial charge in [-0.05, 0) is 0 Å². The first-order valence-electron chi connectivity index (χ1n) is 4.52. The Hall–Kier alpha value is -0.330. The highest BCUT2D eigenvalue weighted by atomic mass is 16.1. The number of carbonyl (C=O) groups excluding carboxylic acids is 1. The summed E-state index contributed by atoms with van der Waals surface area (Å²) < 4.78 is 41.3. The van der Waals surface area contributed by atoms with Crippen LogP contribution < -0.4 is 0 Å². The Morgan fingerprint density at radius 1 is 1.83 bits per heavy atom. The van der Waals surface area contributed by atoms with Crippen LogP contribution in [0.15, 0.2) is 0 Å². The van der Waals surface area contributed by atoms with Crippen LogP contribution in [-0.4, -0.2) is 6.29 Å². The van der Waals surface area contributed by atoms with E-state index in [-0.39, 0.29) is 6.29 Å². The van der Waals surface area contributed by atoms with E-state index in [1.54, 1.807) is 0 Å². The molecule has 0 radical (unpaired) electrons. The second-order valence-electron chi connectivity index (χ2n) is 1.32. The fourth-order valence-corrected chi connectivity index (χ4v) is 0. The van der Waals surface area contributed by atoms with Crippen LogP contribution in [0.2, 0.25) is 0 Å². The first-order valence-corrected chi connectivity index (χ1v) is 1.52. The molecule has 0 aromatic carbocycles. The summed E-state index contributed by atoms with van der Waals surface area (Å²) in [6.07, 6.45) is -0.0208. The van der Waals surface area contributed by atoms with Crippen molar-refractivity contribution >= 4 is 6.29 Å². The Balaban J connectivity index is 5.09. The van der Waals surface area contributed by atoms with Gasteiger partial charge in [-0.2, -0.15) is 0 Å². The zero-order valence-electron chi connectivity index (χ0n) is 9.49. The van der Waals surface area contributed by atoms with E-state index in [0.717, 1.165) is 6.92 Å². The van der Waals surface area contributed by atoms with Gasteiger partial charge in [0.2, 0.25) is 0 Å². The molecule has 0 unspecified atom stereocenters. The molecule has 0 aromatic rings. The summed E-state index contributed by atoms with van der Waals surface area (Å²) >= 11 is 0. The molecular weight excluding hydrogens is 76.1 g/mol. The van der Waals surface area contributed by atoms with Crippen LogP contribution >= 0.6 is 0 Å². The predicted octanol–water partition coefficient (Wildman–Crippen LogP) is 1.23. The summed E-state index contributed by atoms with van der Waals surface area (Å²) in [4.78, 5) is 10.4. The van der Waals surface area contributed by atoms with Crippen LogP contribution in [0.1, 0.15) is 28.9 Å². The van der Waals surface area contributed by atoms with Gasteiger partial charge in [0.1, 0.15) is 6.29 Å². The van der Waals surface area contributed by atoms with Crippen molar-refractivity contribution in [2.24, 2.45) is 5.41 Å². The molecule has 0 rings (SSSR count). The van der Waals surface area contributed by atoms with Crippen molar-refractivity contribution < 1.29 is 13.0 Å². The summed E-state index contributed by atoms with van der Waals surface area (Å²) in [5.74, 6) is 0. The highest BCUT2D eigenvalue weighted by molar-refractivity contribution is 5.56. The molecule has 0 aliphatic rings. The molecule has 0 aromatic heterocycles. The van der Waals surface area contributed by atoms with Gasteiger partial charge in [0.25, 0.3) is 0 Å². The van der Waals surface area contributed by atoms with Crippen LogP contribution in [0.4, 0.5) is 0 Å². The van der Waals surface area contributed by atoms with Gasteiger partial charge in [-0.25, -0.2) is 0 Å². The van der Waals surface area contributed by atoms with Gasteiger partial charge in [0.15, 0.2) is 0 Å². The van der Waals surface area contributed by atoms with Crippen LogP contribution in [0.25, 0.3) is 0 Å². The van der Waals surface area contributed by atoms with E-state index >= 15 is 0 Å². The van der Waals surface area contributed by atoms with E-state index in [0.29, 0.717) is 0 Å². The standard InChI is InChI=1S/C5H10O/c1-5(2,3)4-6/h4H,1-3H3/i1D3,2D3. The molecular formula is C5H10O. The lowest BCUT2D eigenvalue weighted by Gasteiger charge is -2.03. The molecule has 0 aliphatic carbocycles. The average Bonchev–Trinajstić information content (AvgIpc) is 1.81. The average molecular weight is 92.2 g/mol. The van der Waals surface area contributed by atoms with Crippen LogP contribution in [0, 0.1) is 5.41 Å². The zero-order chi connectivity index (χ0) is 10.2. The van der Waals surface area contributed by atoms with Gasteiger partial charge in [-0.15, -0.1) is 0 Å². The topological polar surface area (TPSA) is 17.1 Å². The highest BCUT2D eigenvalue weighted by Crippen LogP contribution is 2.05. The van der Waals surface area contributed by atoms with Crippen LogP contribution in [0.3, 0.4) is 0 Å². The molecule has 1 nitrogen and oxygen atoms in total. The van der Waals surface area contributed by atoms with Crippen molar-refractivity contribution in [1.82, 2.24) is 0 Å². The molecule has 0 spiro atoms. The van der Waals surface area contributed by atoms with Crippen LogP contribution in [0.5, 0.6) is 0 Å². The van der Waals surface area contributed by atoms with Crippen molar-refractivity contribution in [2.45, 2.75) is 20.6 Å². The molecule has 0 saturated heterocycles. The summed E-state index contributed by atoms with van der Waals surface area (Å²) in [6, 6.07) is 0. The number of rotatable bonds is 0. The molecule has 36 valence electrons. The fraction of sp³-hybridized carbons (Fsp3) is 0.800. The molecule has 0 bridgehead atoms. The Morgan fingerprint density at radius 3 is 2.33 bits per heavy atom. The quantitative estimate of drug-likeness (QED) is 0.411. The third-order valence-electron chi connectivity index (χ3n) is 0.236. The number of aldehydes is 1. The Bertz CT molecular complexity index is 163. The summed E-state index contributed by atoms with van der Waals surface area (Å²) in [5, 5.41) is 0. The van der Waals surface area contributed by atoms with E-state index in [2.05, 4.69) is 0 Å². The summed E-state index contributed by atoms with van der Waals surface area (Å²) in [5.41, 5.74) is -2.26. The van der Waals surface area contributed by atoms with Gasteiger partial charge >= 0.3 is 0 Å². The third kappa shape index (κ3) is 3.67. The van der Waals surface area contributed by atoms with E-state index in [1.807, 2.05) is 0 Å². The van der Waals surface area contributed by atoms with Gasteiger partial charge in [-0.1, -0.05) is 20.6 Å². The van der Waals surface area contributed by atoms with E-state index in [4.69, 9.17) is 8.22 Å². The molecule has 0 atom stereocenters.